The molecule has 16 heavy (non-hydrogen) atoms. The molecule has 0 spiro atoms. The van der Waals surface area contributed by atoms with E-state index in [2.05, 4.69) is 22.5 Å². The van der Waals surface area contributed by atoms with Gasteiger partial charge in [0.25, 0.3) is 5.88 Å². The van der Waals surface area contributed by atoms with Gasteiger partial charge in [0.2, 0.25) is 0 Å². The molecule has 1 atom stereocenters. The molecule has 1 N–H and O–H groups in total. The smallest absolute Gasteiger partial charge is 0.259 e. The molecular weight excluding hydrogens is 202 g/mol. The number of hydrogen-bond donors (Lipinski definition) is 1. The zero-order valence-corrected chi connectivity index (χ0v) is 9.16. The van der Waals surface area contributed by atoms with Crippen LogP contribution in [0.5, 0.6) is 5.88 Å². The lowest BCUT2D eigenvalue weighted by Gasteiger charge is -2.07. The van der Waals surface area contributed by atoms with E-state index in [4.69, 9.17) is 4.74 Å². The van der Waals surface area contributed by atoms with E-state index in [9.17, 15) is 0 Å². The average Bonchev–Trinajstić information content (AvgIpc) is 2.88. The highest BCUT2D eigenvalue weighted by molar-refractivity contribution is 5.79. The molecule has 1 aliphatic heterocycles. The van der Waals surface area contributed by atoms with E-state index in [0.717, 1.165) is 23.5 Å². The van der Waals surface area contributed by atoms with E-state index in [1.54, 1.807) is 0 Å². The van der Waals surface area contributed by atoms with E-state index < -0.39 is 0 Å². The number of anilines is 1. The van der Waals surface area contributed by atoms with Crippen molar-refractivity contribution in [2.24, 2.45) is 0 Å². The molecular formula is C12H13N3O. The fourth-order valence-corrected chi connectivity index (χ4v) is 2.74. The number of fused-ring (bicyclic) bond motifs is 5. The third-order valence-corrected chi connectivity index (χ3v) is 3.45. The minimum absolute atomic E-state index is 0.0377. The number of pyridine rings is 1. The van der Waals surface area contributed by atoms with Crippen molar-refractivity contribution in [2.45, 2.75) is 32.4 Å². The minimum atomic E-state index is 0.0377. The number of aryl methyl sites for hydroxylation is 2. The maximum Gasteiger partial charge on any atom is 0.259 e. The molecule has 4 nitrogen and oxygen atoms in total. The van der Waals surface area contributed by atoms with Gasteiger partial charge in [0, 0.05) is 5.69 Å². The largest absolute Gasteiger partial charge is 0.452 e. The fourth-order valence-electron chi connectivity index (χ4n) is 2.74. The van der Waals surface area contributed by atoms with Crippen LogP contribution in [0.4, 0.5) is 5.69 Å². The van der Waals surface area contributed by atoms with Crippen molar-refractivity contribution in [3.63, 3.8) is 0 Å². The van der Waals surface area contributed by atoms with E-state index in [-0.39, 0.29) is 6.23 Å². The second-order valence-electron chi connectivity index (χ2n) is 4.54. The summed E-state index contributed by atoms with van der Waals surface area (Å²) in [6, 6.07) is 4.37. The zero-order valence-electron chi connectivity index (χ0n) is 9.16. The molecule has 0 saturated heterocycles. The molecule has 2 aromatic heterocycles. The van der Waals surface area contributed by atoms with Crippen LogP contribution in [-0.4, -0.2) is 15.8 Å². The van der Waals surface area contributed by atoms with Gasteiger partial charge in [-0.25, -0.2) is 4.52 Å². The van der Waals surface area contributed by atoms with Crippen LogP contribution >= 0.6 is 0 Å². The molecule has 0 radical (unpaired) electrons. The van der Waals surface area contributed by atoms with Crippen molar-refractivity contribution in [3.05, 3.63) is 23.4 Å². The van der Waals surface area contributed by atoms with E-state index in [1.807, 2.05) is 11.4 Å². The first-order valence-corrected chi connectivity index (χ1v) is 5.79. The molecule has 4 rings (SSSR count). The van der Waals surface area contributed by atoms with E-state index in [1.165, 1.54) is 24.1 Å². The molecule has 2 aromatic rings. The quantitative estimate of drug-likeness (QED) is 0.730. The van der Waals surface area contributed by atoms with Crippen LogP contribution in [0.1, 0.15) is 24.6 Å². The number of aromatic nitrogens is 2. The predicted octanol–water partition coefficient (Wildman–Crippen LogP) is 1.97. The van der Waals surface area contributed by atoms with Crippen LogP contribution in [0, 0.1) is 0 Å². The van der Waals surface area contributed by atoms with Gasteiger partial charge in [0.15, 0.2) is 6.23 Å². The zero-order chi connectivity index (χ0) is 10.7. The van der Waals surface area contributed by atoms with Crippen LogP contribution < -0.4 is 10.1 Å². The van der Waals surface area contributed by atoms with Crippen molar-refractivity contribution in [2.75, 3.05) is 5.32 Å². The summed E-state index contributed by atoms with van der Waals surface area (Å²) in [6.45, 7) is 1.99. The fraction of sp³-hybridized carbons (Fsp3) is 0.417. The lowest BCUT2D eigenvalue weighted by atomic mass is 10.2. The van der Waals surface area contributed by atoms with Gasteiger partial charge in [-0.2, -0.15) is 0 Å². The summed E-state index contributed by atoms with van der Waals surface area (Å²) in [5.74, 6) is 0.743. The van der Waals surface area contributed by atoms with E-state index >= 15 is 0 Å². The van der Waals surface area contributed by atoms with Gasteiger partial charge in [-0.15, -0.1) is 5.10 Å². The van der Waals surface area contributed by atoms with Crippen molar-refractivity contribution in [3.8, 4) is 5.88 Å². The lowest BCUT2D eigenvalue weighted by molar-refractivity contribution is 0.262. The highest BCUT2D eigenvalue weighted by Crippen LogP contribution is 2.37. The topological polar surface area (TPSA) is 38.6 Å². The van der Waals surface area contributed by atoms with Gasteiger partial charge in [0.05, 0.1) is 5.52 Å². The molecule has 0 amide bonds. The van der Waals surface area contributed by atoms with Crippen molar-refractivity contribution >= 4 is 11.2 Å². The third-order valence-electron chi connectivity index (χ3n) is 3.45. The highest BCUT2D eigenvalue weighted by atomic mass is 16.5. The molecule has 1 unspecified atom stereocenters. The Hall–Kier alpha value is -1.71. The Balaban J connectivity index is 2.03. The first kappa shape index (κ1) is 8.44. The molecule has 0 aromatic carbocycles. The molecule has 82 valence electrons. The first-order chi connectivity index (χ1) is 7.83. The van der Waals surface area contributed by atoms with Crippen LogP contribution in [-0.2, 0) is 12.8 Å². The predicted molar refractivity (Wildman–Crippen MR) is 60.9 cm³/mol. The molecule has 3 heterocycles. The van der Waals surface area contributed by atoms with Gasteiger partial charge in [-0.1, -0.05) is 6.07 Å². The van der Waals surface area contributed by atoms with Crippen molar-refractivity contribution < 1.29 is 4.74 Å². The van der Waals surface area contributed by atoms with Crippen LogP contribution in [0.3, 0.4) is 0 Å². The third kappa shape index (κ3) is 0.919. The molecule has 0 bridgehead atoms. The van der Waals surface area contributed by atoms with Gasteiger partial charge >= 0.3 is 0 Å². The van der Waals surface area contributed by atoms with Gasteiger partial charge < -0.3 is 10.1 Å². The Morgan fingerprint density at radius 2 is 2.38 bits per heavy atom. The second kappa shape index (κ2) is 2.70. The first-order valence-electron chi connectivity index (χ1n) is 5.79. The van der Waals surface area contributed by atoms with Crippen LogP contribution in [0.15, 0.2) is 12.1 Å². The van der Waals surface area contributed by atoms with Crippen LogP contribution in [0.25, 0.3) is 5.52 Å². The molecule has 0 saturated carbocycles. The Morgan fingerprint density at radius 3 is 3.31 bits per heavy atom. The minimum Gasteiger partial charge on any atom is -0.452 e. The average molecular weight is 215 g/mol. The summed E-state index contributed by atoms with van der Waals surface area (Å²) in [6.07, 6.45) is 3.59. The molecule has 2 aliphatic rings. The summed E-state index contributed by atoms with van der Waals surface area (Å²) >= 11 is 0. The van der Waals surface area contributed by atoms with Crippen molar-refractivity contribution in [1.29, 1.82) is 0 Å². The molecule has 1 aliphatic carbocycles. The normalized spacial score (nSPS) is 21.7. The molecule has 4 heteroatoms. The summed E-state index contributed by atoms with van der Waals surface area (Å²) in [5, 5.41) is 7.85. The highest BCUT2D eigenvalue weighted by Gasteiger charge is 2.26. The maximum atomic E-state index is 5.61. The maximum absolute atomic E-state index is 5.61. The van der Waals surface area contributed by atoms with Gasteiger partial charge in [-0.3, -0.25) is 0 Å². The number of rotatable bonds is 0. The van der Waals surface area contributed by atoms with Gasteiger partial charge in [-0.05, 0) is 37.8 Å². The second-order valence-corrected chi connectivity index (χ2v) is 4.54. The number of hydrogen-bond acceptors (Lipinski definition) is 3. The van der Waals surface area contributed by atoms with E-state index in [0.29, 0.717) is 0 Å². The van der Waals surface area contributed by atoms with Gasteiger partial charge in [0.1, 0.15) is 5.69 Å². The standard InChI is InChI=1S/C12H13N3O/c1-7-13-11-10-6-5-8-3-2-4-9(8)15(10)14-12(11)16-7/h5-7,13H,2-4H2,1H3. The molecule has 0 fully saturated rings. The lowest BCUT2D eigenvalue weighted by Crippen LogP contribution is -2.15. The summed E-state index contributed by atoms with van der Waals surface area (Å²) in [5.41, 5.74) is 4.97. The summed E-state index contributed by atoms with van der Waals surface area (Å²) < 4.78 is 7.66. The Bertz CT molecular complexity index is 587. The van der Waals surface area contributed by atoms with Crippen LogP contribution in [0.2, 0.25) is 0 Å². The number of ether oxygens (including phenoxy) is 1. The summed E-state index contributed by atoms with van der Waals surface area (Å²) in [4.78, 5) is 0. The monoisotopic (exact) mass is 215 g/mol. The van der Waals surface area contributed by atoms with Crippen molar-refractivity contribution in [1.82, 2.24) is 9.61 Å². The summed E-state index contributed by atoms with van der Waals surface area (Å²) in [7, 11) is 0. The SMILES string of the molecule is CC1Nc2c(nn3c4c(ccc23)CCC4)O1. The Morgan fingerprint density at radius 1 is 1.44 bits per heavy atom. The Labute approximate surface area is 93.2 Å². The number of nitrogens with zero attached hydrogens (tertiary/aromatic N) is 2. The Kier molecular flexibility index (Phi) is 1.42. The number of nitrogens with one attached hydrogen (secondary N) is 1.